The van der Waals surface area contributed by atoms with Gasteiger partial charge < -0.3 is 15.4 Å². The van der Waals surface area contributed by atoms with Crippen molar-refractivity contribution >= 4 is 29.1 Å². The Balaban J connectivity index is 1.73. The molecule has 0 amide bonds. The number of halogens is 1. The Labute approximate surface area is 164 Å². The van der Waals surface area contributed by atoms with Crippen LogP contribution in [0, 0.1) is 13.8 Å². The SMILES string of the molecule is COc1cc(Cl)c(C)cc1Nc1cc(C)nc(NCCc2ccccc2)n1. The van der Waals surface area contributed by atoms with E-state index in [0.29, 0.717) is 22.5 Å². The van der Waals surface area contributed by atoms with E-state index in [-0.39, 0.29) is 0 Å². The summed E-state index contributed by atoms with van der Waals surface area (Å²) in [5.74, 6) is 1.96. The van der Waals surface area contributed by atoms with Gasteiger partial charge in [0.2, 0.25) is 5.95 Å². The van der Waals surface area contributed by atoms with Gasteiger partial charge in [0, 0.05) is 29.4 Å². The summed E-state index contributed by atoms with van der Waals surface area (Å²) in [5, 5.41) is 7.27. The molecule has 0 radical (unpaired) electrons. The average molecular weight is 383 g/mol. The minimum absolute atomic E-state index is 0.595. The third kappa shape index (κ3) is 5.11. The largest absolute Gasteiger partial charge is 0.495 e. The van der Waals surface area contributed by atoms with E-state index in [0.717, 1.165) is 29.9 Å². The number of aryl methyl sites for hydroxylation is 2. The van der Waals surface area contributed by atoms with Gasteiger partial charge in [-0.05, 0) is 37.5 Å². The average Bonchev–Trinajstić information content (AvgIpc) is 2.65. The Bertz CT molecular complexity index is 916. The van der Waals surface area contributed by atoms with Crippen molar-refractivity contribution in [3.8, 4) is 5.75 Å². The van der Waals surface area contributed by atoms with Crippen molar-refractivity contribution in [3.05, 3.63) is 70.4 Å². The van der Waals surface area contributed by atoms with Crippen LogP contribution in [0.1, 0.15) is 16.8 Å². The zero-order chi connectivity index (χ0) is 19.2. The topological polar surface area (TPSA) is 59.1 Å². The molecule has 0 unspecified atom stereocenters. The zero-order valence-corrected chi connectivity index (χ0v) is 16.5. The van der Waals surface area contributed by atoms with E-state index in [1.165, 1.54) is 5.56 Å². The van der Waals surface area contributed by atoms with Crippen LogP contribution in [0.15, 0.2) is 48.5 Å². The molecule has 1 heterocycles. The van der Waals surface area contributed by atoms with Gasteiger partial charge in [-0.3, -0.25) is 0 Å². The lowest BCUT2D eigenvalue weighted by Gasteiger charge is -2.14. The maximum absolute atomic E-state index is 6.18. The number of hydrogen-bond donors (Lipinski definition) is 2. The number of nitrogens with one attached hydrogen (secondary N) is 2. The van der Waals surface area contributed by atoms with Crippen LogP contribution in [0.4, 0.5) is 17.5 Å². The van der Waals surface area contributed by atoms with Crippen LogP contribution in [0.3, 0.4) is 0 Å². The van der Waals surface area contributed by atoms with Gasteiger partial charge in [0.15, 0.2) is 0 Å². The maximum atomic E-state index is 6.18. The van der Waals surface area contributed by atoms with Crippen molar-refractivity contribution in [1.82, 2.24) is 9.97 Å². The highest BCUT2D eigenvalue weighted by molar-refractivity contribution is 6.31. The standard InChI is InChI=1S/C21H23ClN4O/c1-14-11-18(19(27-3)13-17(14)22)25-20-12-15(2)24-21(26-20)23-10-9-16-7-5-4-6-8-16/h4-8,11-13H,9-10H2,1-3H3,(H2,23,24,25,26). The fourth-order valence-corrected chi connectivity index (χ4v) is 2.90. The summed E-state index contributed by atoms with van der Waals surface area (Å²) in [5.41, 5.74) is 3.93. The molecular formula is C21H23ClN4O. The van der Waals surface area contributed by atoms with Gasteiger partial charge in [-0.1, -0.05) is 41.9 Å². The Morgan fingerprint density at radius 1 is 1.04 bits per heavy atom. The molecule has 3 rings (SSSR count). The molecule has 1 aromatic heterocycles. The number of anilines is 3. The quantitative estimate of drug-likeness (QED) is 0.591. The van der Waals surface area contributed by atoms with E-state index in [1.807, 2.05) is 44.2 Å². The maximum Gasteiger partial charge on any atom is 0.224 e. The summed E-state index contributed by atoms with van der Waals surface area (Å²) in [6.07, 6.45) is 0.908. The van der Waals surface area contributed by atoms with Crippen LogP contribution >= 0.6 is 11.6 Å². The fraction of sp³-hybridized carbons (Fsp3) is 0.238. The molecule has 27 heavy (non-hydrogen) atoms. The minimum Gasteiger partial charge on any atom is -0.495 e. The second-order valence-electron chi connectivity index (χ2n) is 6.31. The van der Waals surface area contributed by atoms with Crippen LogP contribution in [0.5, 0.6) is 5.75 Å². The minimum atomic E-state index is 0.595. The van der Waals surface area contributed by atoms with Crippen LogP contribution in [0.25, 0.3) is 0 Å². The third-order valence-electron chi connectivity index (χ3n) is 4.14. The highest BCUT2D eigenvalue weighted by Gasteiger charge is 2.09. The lowest BCUT2D eigenvalue weighted by molar-refractivity contribution is 0.416. The number of hydrogen-bond acceptors (Lipinski definition) is 5. The van der Waals surface area contributed by atoms with Gasteiger partial charge in [-0.25, -0.2) is 4.98 Å². The summed E-state index contributed by atoms with van der Waals surface area (Å²) in [7, 11) is 1.62. The first-order chi connectivity index (χ1) is 13.0. The summed E-state index contributed by atoms with van der Waals surface area (Å²) >= 11 is 6.18. The number of ether oxygens (including phenoxy) is 1. The van der Waals surface area contributed by atoms with Crippen molar-refractivity contribution in [2.75, 3.05) is 24.3 Å². The third-order valence-corrected chi connectivity index (χ3v) is 4.54. The van der Waals surface area contributed by atoms with Gasteiger partial charge in [-0.2, -0.15) is 4.98 Å². The van der Waals surface area contributed by atoms with E-state index in [4.69, 9.17) is 16.3 Å². The van der Waals surface area contributed by atoms with Crippen molar-refractivity contribution in [2.45, 2.75) is 20.3 Å². The number of rotatable bonds is 7. The second-order valence-corrected chi connectivity index (χ2v) is 6.71. The Morgan fingerprint density at radius 2 is 1.81 bits per heavy atom. The molecule has 5 nitrogen and oxygen atoms in total. The van der Waals surface area contributed by atoms with Crippen molar-refractivity contribution in [1.29, 1.82) is 0 Å². The molecule has 0 saturated heterocycles. The molecule has 140 valence electrons. The van der Waals surface area contributed by atoms with E-state index in [1.54, 1.807) is 13.2 Å². The van der Waals surface area contributed by atoms with Gasteiger partial charge in [-0.15, -0.1) is 0 Å². The number of nitrogens with zero attached hydrogens (tertiary/aromatic N) is 2. The van der Waals surface area contributed by atoms with Crippen molar-refractivity contribution in [2.24, 2.45) is 0 Å². The molecule has 3 aromatic rings. The highest BCUT2D eigenvalue weighted by atomic mass is 35.5. The first-order valence-corrected chi connectivity index (χ1v) is 9.17. The summed E-state index contributed by atoms with van der Waals surface area (Å²) in [6.45, 7) is 4.66. The molecule has 0 atom stereocenters. The molecule has 0 spiro atoms. The molecule has 0 aliphatic heterocycles. The van der Waals surface area contributed by atoms with Gasteiger partial charge in [0.05, 0.1) is 12.8 Å². The number of benzene rings is 2. The smallest absolute Gasteiger partial charge is 0.224 e. The molecule has 0 aliphatic carbocycles. The summed E-state index contributed by atoms with van der Waals surface area (Å²) in [6, 6.07) is 16.0. The highest BCUT2D eigenvalue weighted by Crippen LogP contribution is 2.32. The Hall–Kier alpha value is -2.79. The number of aromatic nitrogens is 2. The molecule has 0 fully saturated rings. The van der Waals surface area contributed by atoms with E-state index >= 15 is 0 Å². The predicted octanol–water partition coefficient (Wildman–Crippen LogP) is 5.15. The van der Waals surface area contributed by atoms with Gasteiger partial charge >= 0.3 is 0 Å². The molecule has 6 heteroatoms. The van der Waals surface area contributed by atoms with Crippen LogP contribution in [-0.4, -0.2) is 23.6 Å². The van der Waals surface area contributed by atoms with Gasteiger partial charge in [0.25, 0.3) is 0 Å². The molecule has 0 bridgehead atoms. The normalized spacial score (nSPS) is 10.5. The summed E-state index contributed by atoms with van der Waals surface area (Å²) < 4.78 is 5.42. The zero-order valence-electron chi connectivity index (χ0n) is 15.7. The molecule has 2 aromatic carbocycles. The second kappa shape index (κ2) is 8.73. The van der Waals surface area contributed by atoms with E-state index in [2.05, 4.69) is 32.7 Å². The fourth-order valence-electron chi connectivity index (χ4n) is 2.74. The first-order valence-electron chi connectivity index (χ1n) is 8.80. The molecule has 0 saturated carbocycles. The monoisotopic (exact) mass is 382 g/mol. The van der Waals surface area contributed by atoms with Crippen molar-refractivity contribution < 1.29 is 4.74 Å². The van der Waals surface area contributed by atoms with E-state index < -0.39 is 0 Å². The lowest BCUT2D eigenvalue weighted by Crippen LogP contribution is -2.09. The molecular weight excluding hydrogens is 360 g/mol. The molecule has 0 aliphatic rings. The van der Waals surface area contributed by atoms with E-state index in [9.17, 15) is 0 Å². The first kappa shape index (κ1) is 19.0. The van der Waals surface area contributed by atoms with Crippen LogP contribution in [0.2, 0.25) is 5.02 Å². The Morgan fingerprint density at radius 3 is 2.56 bits per heavy atom. The lowest BCUT2D eigenvalue weighted by atomic mass is 10.1. The number of methoxy groups -OCH3 is 1. The molecule has 2 N–H and O–H groups in total. The summed E-state index contributed by atoms with van der Waals surface area (Å²) in [4.78, 5) is 9.03. The van der Waals surface area contributed by atoms with Crippen LogP contribution in [-0.2, 0) is 6.42 Å². The Kier molecular flexibility index (Phi) is 6.14. The van der Waals surface area contributed by atoms with Gasteiger partial charge in [0.1, 0.15) is 11.6 Å². The predicted molar refractivity (Wildman–Crippen MR) is 111 cm³/mol. The van der Waals surface area contributed by atoms with Crippen molar-refractivity contribution in [3.63, 3.8) is 0 Å². The van der Waals surface area contributed by atoms with Crippen LogP contribution < -0.4 is 15.4 Å².